The molecule has 0 aliphatic carbocycles. The lowest BCUT2D eigenvalue weighted by Gasteiger charge is -2.24. The van der Waals surface area contributed by atoms with Gasteiger partial charge in [-0.05, 0) is 29.8 Å². The Bertz CT molecular complexity index is 999. The Kier molecular flexibility index (Phi) is 3.87. The van der Waals surface area contributed by atoms with Gasteiger partial charge in [0.15, 0.2) is 0 Å². The Morgan fingerprint density at radius 2 is 1.85 bits per heavy atom. The Morgan fingerprint density at radius 1 is 1.08 bits per heavy atom. The van der Waals surface area contributed by atoms with E-state index in [1.54, 1.807) is 0 Å². The molecule has 2 unspecified atom stereocenters. The van der Waals surface area contributed by atoms with Gasteiger partial charge in [0.2, 0.25) is 0 Å². The van der Waals surface area contributed by atoms with Crippen molar-refractivity contribution in [3.63, 3.8) is 0 Å². The van der Waals surface area contributed by atoms with E-state index in [1.165, 1.54) is 6.07 Å². The summed E-state index contributed by atoms with van der Waals surface area (Å²) in [6.45, 7) is 1.86. The van der Waals surface area contributed by atoms with Gasteiger partial charge in [-0.15, -0.1) is 0 Å². The third-order valence-corrected chi connectivity index (χ3v) is 4.82. The first kappa shape index (κ1) is 16.5. The highest BCUT2D eigenvalue weighted by atomic mass is 19.1. The lowest BCUT2D eigenvalue weighted by molar-refractivity contribution is -0.148. The predicted molar refractivity (Wildman–Crippen MR) is 95.8 cm³/mol. The summed E-state index contributed by atoms with van der Waals surface area (Å²) in [5.74, 6) is -1.86. The second-order valence-corrected chi connectivity index (χ2v) is 6.70. The summed E-state index contributed by atoms with van der Waals surface area (Å²) in [7, 11) is 0. The molecule has 1 saturated heterocycles. The molecule has 2 atom stereocenters. The standard InChI is InChI=1S/C21H17F2NO2/c1-21(16-8-4-6-13-5-2-3-7-15(13)16)12-19(20(25)26-21)24-18-10-9-14(22)11-17(18)23/h2-11,19,24H,12H2,1H3. The van der Waals surface area contributed by atoms with Crippen molar-refractivity contribution in [2.45, 2.75) is 25.0 Å². The van der Waals surface area contributed by atoms with Crippen LogP contribution in [-0.2, 0) is 15.1 Å². The van der Waals surface area contributed by atoms with Crippen LogP contribution in [0.3, 0.4) is 0 Å². The third kappa shape index (κ3) is 2.79. The lowest BCUT2D eigenvalue weighted by Crippen LogP contribution is -2.25. The van der Waals surface area contributed by atoms with Crippen molar-refractivity contribution in [2.75, 3.05) is 5.32 Å². The molecule has 0 amide bonds. The number of ether oxygens (including phenoxy) is 1. The number of benzene rings is 3. The Hall–Kier alpha value is -2.95. The summed E-state index contributed by atoms with van der Waals surface area (Å²) >= 11 is 0. The van der Waals surface area contributed by atoms with E-state index in [2.05, 4.69) is 5.32 Å². The van der Waals surface area contributed by atoms with Gasteiger partial charge in [-0.2, -0.15) is 0 Å². The number of nitrogens with one attached hydrogen (secondary N) is 1. The summed E-state index contributed by atoms with van der Waals surface area (Å²) in [5.41, 5.74) is 0.162. The fourth-order valence-corrected chi connectivity index (χ4v) is 3.56. The number of fused-ring (bicyclic) bond motifs is 1. The number of rotatable bonds is 3. The Labute approximate surface area is 149 Å². The van der Waals surface area contributed by atoms with E-state index in [1.807, 2.05) is 49.4 Å². The molecule has 132 valence electrons. The maximum atomic E-state index is 13.9. The second kappa shape index (κ2) is 6.09. The third-order valence-electron chi connectivity index (χ3n) is 4.82. The second-order valence-electron chi connectivity index (χ2n) is 6.70. The molecule has 1 aliphatic rings. The summed E-state index contributed by atoms with van der Waals surface area (Å²) < 4.78 is 32.7. The largest absolute Gasteiger partial charge is 0.453 e. The molecular formula is C21H17F2NO2. The lowest BCUT2D eigenvalue weighted by atomic mass is 9.87. The number of carbonyl (C=O) groups excluding carboxylic acids is 1. The molecular weight excluding hydrogens is 336 g/mol. The van der Waals surface area contributed by atoms with E-state index in [9.17, 15) is 13.6 Å². The van der Waals surface area contributed by atoms with Gasteiger partial charge in [0, 0.05) is 18.1 Å². The number of hydrogen-bond donors (Lipinski definition) is 1. The molecule has 1 N–H and O–H groups in total. The Morgan fingerprint density at radius 3 is 2.65 bits per heavy atom. The normalized spacial score (nSPS) is 22.4. The zero-order valence-corrected chi connectivity index (χ0v) is 14.1. The topological polar surface area (TPSA) is 38.3 Å². The smallest absolute Gasteiger partial charge is 0.329 e. The van der Waals surface area contributed by atoms with Crippen LogP contribution in [0.5, 0.6) is 0 Å². The summed E-state index contributed by atoms with van der Waals surface area (Å²) in [5, 5.41) is 4.91. The molecule has 1 heterocycles. The van der Waals surface area contributed by atoms with Crippen LogP contribution in [0.2, 0.25) is 0 Å². The SMILES string of the molecule is CC1(c2cccc3ccccc23)CC(Nc2ccc(F)cc2F)C(=O)O1. The highest BCUT2D eigenvalue weighted by Crippen LogP contribution is 2.40. The predicted octanol–water partition coefficient (Wildman–Crippen LogP) is 4.76. The number of cyclic esters (lactones) is 1. The first-order valence-corrected chi connectivity index (χ1v) is 8.39. The summed E-state index contributed by atoms with van der Waals surface area (Å²) in [6.07, 6.45) is 0.344. The molecule has 3 nitrogen and oxygen atoms in total. The van der Waals surface area contributed by atoms with Crippen LogP contribution in [0.25, 0.3) is 10.8 Å². The van der Waals surface area contributed by atoms with Gasteiger partial charge in [0.05, 0.1) is 5.69 Å². The molecule has 3 aromatic rings. The maximum Gasteiger partial charge on any atom is 0.329 e. The minimum absolute atomic E-state index is 0.0792. The van der Waals surface area contributed by atoms with E-state index in [4.69, 9.17) is 4.74 Å². The fourth-order valence-electron chi connectivity index (χ4n) is 3.56. The molecule has 0 radical (unpaired) electrons. The Balaban J connectivity index is 1.66. The number of anilines is 1. The van der Waals surface area contributed by atoms with Crippen molar-refractivity contribution in [1.29, 1.82) is 0 Å². The summed E-state index contributed by atoms with van der Waals surface area (Å²) in [4.78, 5) is 12.4. The van der Waals surface area contributed by atoms with Crippen LogP contribution in [-0.4, -0.2) is 12.0 Å². The molecule has 1 aliphatic heterocycles. The number of hydrogen-bond acceptors (Lipinski definition) is 3. The minimum atomic E-state index is -0.827. The van der Waals surface area contributed by atoms with Gasteiger partial charge in [-0.3, -0.25) is 0 Å². The van der Waals surface area contributed by atoms with E-state index >= 15 is 0 Å². The summed E-state index contributed by atoms with van der Waals surface area (Å²) in [6, 6.07) is 16.3. The van der Waals surface area contributed by atoms with Crippen molar-refractivity contribution in [3.8, 4) is 0 Å². The molecule has 5 heteroatoms. The minimum Gasteiger partial charge on any atom is -0.453 e. The quantitative estimate of drug-likeness (QED) is 0.690. The van der Waals surface area contributed by atoms with Crippen LogP contribution in [0.15, 0.2) is 60.7 Å². The van der Waals surface area contributed by atoms with Crippen LogP contribution in [0.4, 0.5) is 14.5 Å². The van der Waals surface area contributed by atoms with E-state index in [0.29, 0.717) is 6.42 Å². The zero-order chi connectivity index (χ0) is 18.3. The van der Waals surface area contributed by atoms with Gasteiger partial charge in [-0.25, -0.2) is 13.6 Å². The van der Waals surface area contributed by atoms with Gasteiger partial charge < -0.3 is 10.1 Å². The number of carbonyl (C=O) groups is 1. The zero-order valence-electron chi connectivity index (χ0n) is 14.1. The average Bonchev–Trinajstić information content (AvgIpc) is 2.91. The molecule has 0 aromatic heterocycles. The van der Waals surface area contributed by atoms with E-state index in [-0.39, 0.29) is 5.69 Å². The van der Waals surface area contributed by atoms with Crippen LogP contribution in [0, 0.1) is 11.6 Å². The van der Waals surface area contributed by atoms with Crippen molar-refractivity contribution < 1.29 is 18.3 Å². The van der Waals surface area contributed by atoms with Gasteiger partial charge in [0.1, 0.15) is 23.3 Å². The average molecular weight is 353 g/mol. The number of esters is 1. The van der Waals surface area contributed by atoms with E-state index < -0.39 is 29.2 Å². The molecule has 1 fully saturated rings. The maximum absolute atomic E-state index is 13.9. The van der Waals surface area contributed by atoms with E-state index in [0.717, 1.165) is 28.5 Å². The molecule has 0 bridgehead atoms. The van der Waals surface area contributed by atoms with Gasteiger partial charge >= 0.3 is 5.97 Å². The van der Waals surface area contributed by atoms with Crippen LogP contribution < -0.4 is 5.32 Å². The number of halogens is 2. The fraction of sp³-hybridized carbons (Fsp3) is 0.190. The molecule has 26 heavy (non-hydrogen) atoms. The monoisotopic (exact) mass is 353 g/mol. The first-order valence-electron chi connectivity index (χ1n) is 8.39. The molecule has 0 saturated carbocycles. The molecule has 3 aromatic carbocycles. The van der Waals surface area contributed by atoms with Gasteiger partial charge in [0.25, 0.3) is 0 Å². The molecule has 4 rings (SSSR count). The van der Waals surface area contributed by atoms with Crippen molar-refractivity contribution in [1.82, 2.24) is 0 Å². The molecule has 0 spiro atoms. The highest BCUT2D eigenvalue weighted by Gasteiger charge is 2.45. The van der Waals surface area contributed by atoms with Crippen LogP contribution >= 0.6 is 0 Å². The highest BCUT2D eigenvalue weighted by molar-refractivity contribution is 5.88. The first-order chi connectivity index (χ1) is 12.5. The van der Waals surface area contributed by atoms with Crippen molar-refractivity contribution >= 4 is 22.4 Å². The van der Waals surface area contributed by atoms with Gasteiger partial charge in [-0.1, -0.05) is 42.5 Å². The van der Waals surface area contributed by atoms with Crippen molar-refractivity contribution in [2.24, 2.45) is 0 Å². The van der Waals surface area contributed by atoms with Crippen LogP contribution in [0.1, 0.15) is 18.9 Å². The van der Waals surface area contributed by atoms with Crippen molar-refractivity contribution in [3.05, 3.63) is 77.9 Å².